The second kappa shape index (κ2) is 6.96. The number of fused-ring (bicyclic) bond motifs is 1. The highest BCUT2D eigenvalue weighted by Gasteiger charge is 2.28. The summed E-state index contributed by atoms with van der Waals surface area (Å²) in [7, 11) is 1.63. The lowest BCUT2D eigenvalue weighted by atomic mass is 10.2. The number of amides is 2. The van der Waals surface area contributed by atoms with E-state index >= 15 is 0 Å². The van der Waals surface area contributed by atoms with Crippen LogP contribution < -0.4 is 15.0 Å². The van der Waals surface area contributed by atoms with Crippen LogP contribution in [0.4, 0.5) is 16.2 Å². The van der Waals surface area contributed by atoms with Crippen molar-refractivity contribution in [1.29, 1.82) is 0 Å². The number of benzene rings is 2. The fraction of sp³-hybridized carbons (Fsp3) is 0.278. The first kappa shape index (κ1) is 15.7. The van der Waals surface area contributed by atoms with Gasteiger partial charge in [-0.15, -0.1) is 11.8 Å². The SMILES string of the molecule is CC[C@H]1CN(C(=O)Nc2ccc(OC)cc2)c2ccccc2S1. The van der Waals surface area contributed by atoms with Crippen molar-refractivity contribution in [3.05, 3.63) is 48.5 Å². The Morgan fingerprint density at radius 3 is 2.70 bits per heavy atom. The number of hydrogen-bond donors (Lipinski definition) is 1. The van der Waals surface area contributed by atoms with Crippen molar-refractivity contribution < 1.29 is 9.53 Å². The maximum Gasteiger partial charge on any atom is 0.326 e. The van der Waals surface area contributed by atoms with Crippen molar-refractivity contribution in [3.63, 3.8) is 0 Å². The average molecular weight is 328 g/mol. The molecule has 5 heteroatoms. The fourth-order valence-electron chi connectivity index (χ4n) is 2.57. The van der Waals surface area contributed by atoms with Gasteiger partial charge in [0.15, 0.2) is 0 Å². The summed E-state index contributed by atoms with van der Waals surface area (Å²) in [6.45, 7) is 2.88. The van der Waals surface area contributed by atoms with Crippen molar-refractivity contribution in [2.45, 2.75) is 23.5 Å². The van der Waals surface area contributed by atoms with Crippen LogP contribution in [-0.2, 0) is 0 Å². The Balaban J connectivity index is 1.80. The van der Waals surface area contributed by atoms with Gasteiger partial charge in [-0.05, 0) is 42.8 Å². The molecule has 1 heterocycles. The zero-order valence-corrected chi connectivity index (χ0v) is 14.1. The third-order valence-electron chi connectivity index (χ3n) is 3.88. The van der Waals surface area contributed by atoms with Gasteiger partial charge < -0.3 is 10.1 Å². The van der Waals surface area contributed by atoms with Gasteiger partial charge in [0.25, 0.3) is 0 Å². The van der Waals surface area contributed by atoms with E-state index in [1.54, 1.807) is 7.11 Å². The Bertz CT molecular complexity index is 688. The van der Waals surface area contributed by atoms with E-state index in [0.717, 1.165) is 35.0 Å². The molecule has 4 nitrogen and oxygen atoms in total. The third kappa shape index (κ3) is 3.45. The lowest BCUT2D eigenvalue weighted by molar-refractivity contribution is 0.256. The summed E-state index contributed by atoms with van der Waals surface area (Å²) in [4.78, 5) is 15.7. The molecule has 1 N–H and O–H groups in total. The number of hydrogen-bond acceptors (Lipinski definition) is 3. The number of para-hydroxylation sites is 1. The first-order chi connectivity index (χ1) is 11.2. The highest BCUT2D eigenvalue weighted by molar-refractivity contribution is 8.00. The molecule has 0 aliphatic carbocycles. The van der Waals surface area contributed by atoms with Gasteiger partial charge in [0.2, 0.25) is 0 Å². The number of carbonyl (C=O) groups is 1. The summed E-state index contributed by atoms with van der Waals surface area (Å²) in [6, 6.07) is 15.3. The molecule has 1 aliphatic heterocycles. The number of urea groups is 1. The number of carbonyl (C=O) groups excluding carboxylic acids is 1. The summed E-state index contributed by atoms with van der Waals surface area (Å²) in [6.07, 6.45) is 1.03. The summed E-state index contributed by atoms with van der Waals surface area (Å²) in [5.74, 6) is 0.772. The van der Waals surface area contributed by atoms with E-state index in [1.165, 1.54) is 0 Å². The molecule has 1 aliphatic rings. The molecule has 23 heavy (non-hydrogen) atoms. The summed E-state index contributed by atoms with van der Waals surface area (Å²) >= 11 is 1.85. The van der Waals surface area contributed by atoms with Crippen LogP contribution in [0, 0.1) is 0 Å². The van der Waals surface area contributed by atoms with Crippen molar-refractivity contribution in [2.24, 2.45) is 0 Å². The number of anilines is 2. The molecule has 120 valence electrons. The minimum absolute atomic E-state index is 0.0960. The average Bonchev–Trinajstić information content (AvgIpc) is 2.61. The van der Waals surface area contributed by atoms with E-state index in [4.69, 9.17) is 4.74 Å². The van der Waals surface area contributed by atoms with Crippen LogP contribution in [0.1, 0.15) is 13.3 Å². The van der Waals surface area contributed by atoms with Gasteiger partial charge in [-0.1, -0.05) is 19.1 Å². The predicted octanol–water partition coefficient (Wildman–Crippen LogP) is 4.62. The Kier molecular flexibility index (Phi) is 4.76. The van der Waals surface area contributed by atoms with E-state index in [-0.39, 0.29) is 6.03 Å². The van der Waals surface area contributed by atoms with Gasteiger partial charge >= 0.3 is 6.03 Å². The van der Waals surface area contributed by atoms with Crippen molar-refractivity contribution in [1.82, 2.24) is 0 Å². The van der Waals surface area contributed by atoms with E-state index in [9.17, 15) is 4.79 Å². The zero-order chi connectivity index (χ0) is 16.2. The number of thioether (sulfide) groups is 1. The smallest absolute Gasteiger partial charge is 0.326 e. The molecule has 0 unspecified atom stereocenters. The standard InChI is InChI=1S/C18H20N2O2S/c1-3-15-12-20(16-6-4-5-7-17(16)23-15)18(21)19-13-8-10-14(22-2)11-9-13/h4-11,15H,3,12H2,1-2H3,(H,19,21)/t15-/m0/s1. The van der Waals surface area contributed by atoms with Gasteiger partial charge in [0.05, 0.1) is 12.8 Å². The molecule has 0 fully saturated rings. The van der Waals surface area contributed by atoms with E-state index in [0.29, 0.717) is 5.25 Å². The molecule has 0 bridgehead atoms. The monoisotopic (exact) mass is 328 g/mol. The summed E-state index contributed by atoms with van der Waals surface area (Å²) in [5, 5.41) is 3.39. The maximum absolute atomic E-state index is 12.7. The largest absolute Gasteiger partial charge is 0.497 e. The molecule has 0 aromatic heterocycles. The second-order valence-corrected chi connectivity index (χ2v) is 6.73. The molecular formula is C18H20N2O2S. The lowest BCUT2D eigenvalue weighted by Crippen LogP contribution is -2.41. The maximum atomic E-state index is 12.7. The van der Waals surface area contributed by atoms with Crippen LogP contribution in [0.25, 0.3) is 0 Å². The molecule has 2 aromatic rings. The van der Waals surface area contributed by atoms with Crippen LogP contribution in [0.3, 0.4) is 0 Å². The Hall–Kier alpha value is -2.14. The molecule has 3 rings (SSSR count). The lowest BCUT2D eigenvalue weighted by Gasteiger charge is -2.33. The minimum atomic E-state index is -0.0960. The Morgan fingerprint density at radius 2 is 2.00 bits per heavy atom. The molecule has 2 amide bonds. The summed E-state index contributed by atoms with van der Waals surface area (Å²) in [5.41, 5.74) is 1.74. The number of ether oxygens (including phenoxy) is 1. The van der Waals surface area contributed by atoms with Gasteiger partial charge in [-0.2, -0.15) is 0 Å². The topological polar surface area (TPSA) is 41.6 Å². The molecule has 2 aromatic carbocycles. The predicted molar refractivity (Wildman–Crippen MR) is 95.7 cm³/mol. The van der Waals surface area contributed by atoms with Crippen LogP contribution in [0.2, 0.25) is 0 Å². The Morgan fingerprint density at radius 1 is 1.26 bits per heavy atom. The first-order valence-electron chi connectivity index (χ1n) is 7.69. The van der Waals surface area contributed by atoms with Crippen LogP contribution in [-0.4, -0.2) is 24.9 Å². The number of nitrogens with zero attached hydrogens (tertiary/aromatic N) is 1. The van der Waals surface area contributed by atoms with Gasteiger partial charge in [-0.25, -0.2) is 4.79 Å². The minimum Gasteiger partial charge on any atom is -0.497 e. The number of nitrogens with one attached hydrogen (secondary N) is 1. The van der Waals surface area contributed by atoms with Gasteiger partial charge in [-0.3, -0.25) is 4.90 Å². The van der Waals surface area contributed by atoms with Gasteiger partial charge in [0, 0.05) is 22.4 Å². The zero-order valence-electron chi connectivity index (χ0n) is 13.3. The van der Waals surface area contributed by atoms with Crippen LogP contribution in [0.15, 0.2) is 53.4 Å². The number of rotatable bonds is 3. The Labute approximate surface area is 140 Å². The highest BCUT2D eigenvalue weighted by Crippen LogP contribution is 2.39. The molecule has 0 saturated carbocycles. The first-order valence-corrected chi connectivity index (χ1v) is 8.57. The summed E-state index contributed by atoms with van der Waals surface area (Å²) < 4.78 is 5.14. The molecule has 0 saturated heterocycles. The van der Waals surface area contributed by atoms with Crippen molar-refractivity contribution in [2.75, 3.05) is 23.9 Å². The number of methoxy groups -OCH3 is 1. The highest BCUT2D eigenvalue weighted by atomic mass is 32.2. The molecule has 0 spiro atoms. The quantitative estimate of drug-likeness (QED) is 0.894. The van der Waals surface area contributed by atoms with Crippen LogP contribution in [0.5, 0.6) is 5.75 Å². The van der Waals surface area contributed by atoms with Crippen molar-refractivity contribution in [3.8, 4) is 5.75 Å². The molecule has 0 radical (unpaired) electrons. The van der Waals surface area contributed by atoms with Crippen molar-refractivity contribution >= 4 is 29.2 Å². The molecule has 1 atom stereocenters. The van der Waals surface area contributed by atoms with E-state index in [1.807, 2.05) is 59.1 Å². The van der Waals surface area contributed by atoms with E-state index in [2.05, 4.69) is 18.3 Å². The van der Waals surface area contributed by atoms with Gasteiger partial charge in [0.1, 0.15) is 5.75 Å². The third-order valence-corrected chi connectivity index (χ3v) is 5.29. The molecular weight excluding hydrogens is 308 g/mol. The van der Waals surface area contributed by atoms with E-state index < -0.39 is 0 Å². The normalized spacial score (nSPS) is 16.6. The second-order valence-electron chi connectivity index (χ2n) is 5.39. The fourth-order valence-corrected chi connectivity index (χ4v) is 3.77. The van der Waals surface area contributed by atoms with Crippen LogP contribution >= 0.6 is 11.8 Å².